The van der Waals surface area contributed by atoms with Crippen LogP contribution in [0.15, 0.2) is 29.9 Å². The maximum atomic E-state index is 12.4. The lowest BCUT2D eigenvalue weighted by Crippen LogP contribution is -2.25. The van der Waals surface area contributed by atoms with Gasteiger partial charge in [-0.2, -0.15) is 14.3 Å². The standard InChI is InChI=1S/C17H15N7OS/c1-9-5-6-26-16(9)11-7-14(25)19-17-15(11)10(2)21-24(17)13-4-3-12-20-18-8-23(12)22-13/h3-6,8,11H,7H2,1-2H3,(H,19,25)/t11-/m0/s1. The van der Waals surface area contributed by atoms with Crippen molar-refractivity contribution in [3.05, 3.63) is 51.6 Å². The van der Waals surface area contributed by atoms with Gasteiger partial charge in [-0.1, -0.05) is 0 Å². The first kappa shape index (κ1) is 15.2. The maximum absolute atomic E-state index is 12.4. The average molecular weight is 365 g/mol. The molecule has 0 aromatic carbocycles. The number of thiophene rings is 1. The summed E-state index contributed by atoms with van der Waals surface area (Å²) in [6.07, 6.45) is 1.97. The van der Waals surface area contributed by atoms with Crippen molar-refractivity contribution in [1.29, 1.82) is 0 Å². The van der Waals surface area contributed by atoms with Crippen molar-refractivity contribution in [3.63, 3.8) is 0 Å². The summed E-state index contributed by atoms with van der Waals surface area (Å²) in [5, 5.41) is 22.0. The van der Waals surface area contributed by atoms with E-state index in [4.69, 9.17) is 0 Å². The fourth-order valence-electron chi connectivity index (χ4n) is 3.51. The fraction of sp³-hybridized carbons (Fsp3) is 0.235. The molecule has 0 fully saturated rings. The number of carbonyl (C=O) groups excluding carboxylic acids is 1. The smallest absolute Gasteiger partial charge is 0.226 e. The van der Waals surface area contributed by atoms with Gasteiger partial charge >= 0.3 is 0 Å². The number of nitrogens with one attached hydrogen (secondary N) is 1. The molecule has 4 aromatic rings. The van der Waals surface area contributed by atoms with Crippen LogP contribution >= 0.6 is 11.3 Å². The largest absolute Gasteiger partial charge is 0.310 e. The molecule has 1 amide bonds. The zero-order valence-electron chi connectivity index (χ0n) is 14.2. The summed E-state index contributed by atoms with van der Waals surface area (Å²) >= 11 is 1.69. The number of aryl methyl sites for hydroxylation is 2. The monoisotopic (exact) mass is 365 g/mol. The van der Waals surface area contributed by atoms with Crippen molar-refractivity contribution in [2.45, 2.75) is 26.2 Å². The molecule has 0 bridgehead atoms. The second-order valence-corrected chi connectivity index (χ2v) is 7.31. The Bertz CT molecular complexity index is 1160. The van der Waals surface area contributed by atoms with Crippen molar-refractivity contribution >= 4 is 28.7 Å². The Balaban J connectivity index is 1.70. The summed E-state index contributed by atoms with van der Waals surface area (Å²) in [6, 6.07) is 5.74. The van der Waals surface area contributed by atoms with Gasteiger partial charge in [0.05, 0.1) is 5.69 Å². The van der Waals surface area contributed by atoms with Gasteiger partial charge in [0, 0.05) is 22.8 Å². The third kappa shape index (κ3) is 2.17. The molecule has 1 atom stereocenters. The molecule has 1 aliphatic rings. The van der Waals surface area contributed by atoms with Gasteiger partial charge in [-0.15, -0.1) is 26.6 Å². The molecule has 1 aliphatic heterocycles. The molecule has 1 N–H and O–H groups in total. The summed E-state index contributed by atoms with van der Waals surface area (Å²) in [4.78, 5) is 13.6. The minimum atomic E-state index is -0.0122. The third-order valence-corrected chi connectivity index (χ3v) is 5.82. The second-order valence-electron chi connectivity index (χ2n) is 6.36. The van der Waals surface area contributed by atoms with Gasteiger partial charge in [0.1, 0.15) is 12.1 Å². The van der Waals surface area contributed by atoms with Crippen LogP contribution < -0.4 is 5.32 Å². The Morgan fingerprint density at radius 2 is 2.12 bits per heavy atom. The Kier molecular flexibility index (Phi) is 3.20. The first-order valence-corrected chi connectivity index (χ1v) is 9.10. The molecular weight excluding hydrogens is 350 g/mol. The zero-order valence-corrected chi connectivity index (χ0v) is 15.0. The van der Waals surface area contributed by atoms with Gasteiger partial charge in [0.2, 0.25) is 5.91 Å². The molecule has 5 rings (SSSR count). The van der Waals surface area contributed by atoms with Gasteiger partial charge in [0.15, 0.2) is 11.5 Å². The quantitative estimate of drug-likeness (QED) is 0.589. The van der Waals surface area contributed by atoms with Crippen LogP contribution in [0.1, 0.15) is 34.0 Å². The lowest BCUT2D eigenvalue weighted by atomic mass is 9.89. The van der Waals surface area contributed by atoms with E-state index >= 15 is 0 Å². The predicted octanol–water partition coefficient (Wildman–Crippen LogP) is 2.46. The highest BCUT2D eigenvalue weighted by Crippen LogP contribution is 2.42. The van der Waals surface area contributed by atoms with Crippen molar-refractivity contribution in [2.24, 2.45) is 0 Å². The highest BCUT2D eigenvalue weighted by molar-refractivity contribution is 7.10. The van der Waals surface area contributed by atoms with E-state index in [-0.39, 0.29) is 11.8 Å². The summed E-state index contributed by atoms with van der Waals surface area (Å²) in [7, 11) is 0. The topological polar surface area (TPSA) is 90.0 Å². The molecule has 26 heavy (non-hydrogen) atoms. The van der Waals surface area contributed by atoms with E-state index in [1.807, 2.05) is 19.1 Å². The van der Waals surface area contributed by atoms with Crippen LogP contribution in [-0.4, -0.2) is 35.5 Å². The summed E-state index contributed by atoms with van der Waals surface area (Å²) in [5.41, 5.74) is 3.81. The average Bonchev–Trinajstić information content (AvgIpc) is 3.32. The molecule has 0 saturated heterocycles. The van der Waals surface area contributed by atoms with Crippen LogP contribution in [0, 0.1) is 13.8 Å². The number of anilines is 1. The van der Waals surface area contributed by atoms with Gasteiger partial charge in [-0.25, -0.2) is 0 Å². The highest BCUT2D eigenvalue weighted by Gasteiger charge is 2.34. The molecular formula is C17H15N7OS. The lowest BCUT2D eigenvalue weighted by Gasteiger charge is -2.23. The first-order valence-electron chi connectivity index (χ1n) is 8.22. The molecule has 0 spiro atoms. The second kappa shape index (κ2) is 5.46. The van der Waals surface area contributed by atoms with E-state index in [0.29, 0.717) is 23.7 Å². The zero-order chi connectivity index (χ0) is 17.8. The molecule has 0 aliphatic carbocycles. The molecule has 8 nitrogen and oxygen atoms in total. The summed E-state index contributed by atoms with van der Waals surface area (Å²) < 4.78 is 3.28. The summed E-state index contributed by atoms with van der Waals surface area (Å²) in [6.45, 7) is 4.05. The summed E-state index contributed by atoms with van der Waals surface area (Å²) in [5.74, 6) is 1.30. The Morgan fingerprint density at radius 1 is 1.23 bits per heavy atom. The molecule has 9 heteroatoms. The van der Waals surface area contributed by atoms with Crippen LogP contribution in [0.5, 0.6) is 0 Å². The normalized spacial score (nSPS) is 16.7. The number of hydrogen-bond donors (Lipinski definition) is 1. The predicted molar refractivity (Wildman–Crippen MR) is 96.8 cm³/mol. The van der Waals surface area contributed by atoms with Gasteiger partial charge < -0.3 is 5.32 Å². The Morgan fingerprint density at radius 3 is 2.92 bits per heavy atom. The molecule has 5 heterocycles. The number of fused-ring (bicyclic) bond motifs is 2. The Hall–Kier alpha value is -3.07. The van der Waals surface area contributed by atoms with Gasteiger partial charge in [-0.05, 0) is 43.0 Å². The van der Waals surface area contributed by atoms with E-state index in [0.717, 1.165) is 11.3 Å². The first-order chi connectivity index (χ1) is 12.6. The number of hydrogen-bond acceptors (Lipinski definition) is 6. The molecule has 130 valence electrons. The molecule has 0 saturated carbocycles. The van der Waals surface area contributed by atoms with Gasteiger partial charge in [0.25, 0.3) is 0 Å². The van der Waals surface area contributed by atoms with Crippen LogP contribution in [0.4, 0.5) is 5.82 Å². The molecule has 4 aromatic heterocycles. The fourth-order valence-corrected chi connectivity index (χ4v) is 4.55. The van der Waals surface area contributed by atoms with E-state index in [2.05, 4.69) is 44.1 Å². The van der Waals surface area contributed by atoms with E-state index in [1.54, 1.807) is 20.5 Å². The van der Waals surface area contributed by atoms with Crippen molar-refractivity contribution in [2.75, 3.05) is 5.32 Å². The number of amides is 1. The van der Waals surface area contributed by atoms with Crippen LogP contribution in [0.2, 0.25) is 0 Å². The number of rotatable bonds is 2. The van der Waals surface area contributed by atoms with E-state index < -0.39 is 0 Å². The van der Waals surface area contributed by atoms with Crippen molar-refractivity contribution < 1.29 is 4.79 Å². The number of nitrogens with zero attached hydrogens (tertiary/aromatic N) is 6. The maximum Gasteiger partial charge on any atom is 0.226 e. The Labute approximate surface area is 152 Å². The van der Waals surface area contributed by atoms with E-state index in [1.165, 1.54) is 16.8 Å². The van der Waals surface area contributed by atoms with E-state index in [9.17, 15) is 4.79 Å². The minimum absolute atomic E-state index is 0.0122. The highest BCUT2D eigenvalue weighted by atomic mass is 32.1. The van der Waals surface area contributed by atoms with Crippen LogP contribution in [0.3, 0.4) is 0 Å². The molecule has 0 radical (unpaired) electrons. The van der Waals surface area contributed by atoms with Crippen LogP contribution in [-0.2, 0) is 4.79 Å². The SMILES string of the molecule is Cc1ccsc1[C@H]1CC(=O)Nc2c1c(C)nn2-c1ccc2nncn2n1. The number of carbonyl (C=O) groups is 1. The number of aromatic nitrogens is 6. The minimum Gasteiger partial charge on any atom is -0.310 e. The molecule has 0 unspecified atom stereocenters. The van der Waals surface area contributed by atoms with Crippen LogP contribution in [0.25, 0.3) is 11.5 Å². The lowest BCUT2D eigenvalue weighted by molar-refractivity contribution is -0.116. The van der Waals surface area contributed by atoms with Crippen molar-refractivity contribution in [3.8, 4) is 5.82 Å². The van der Waals surface area contributed by atoms with Crippen molar-refractivity contribution in [1.82, 2.24) is 29.6 Å². The van der Waals surface area contributed by atoms with Gasteiger partial charge in [-0.3, -0.25) is 4.79 Å². The third-order valence-electron chi connectivity index (χ3n) is 4.69.